The van der Waals surface area contributed by atoms with Crippen LogP contribution >= 0.6 is 11.3 Å². The topological polar surface area (TPSA) is 105 Å². The third-order valence-corrected chi connectivity index (χ3v) is 4.25. The van der Waals surface area contributed by atoms with Gasteiger partial charge in [-0.15, -0.1) is 0 Å². The standard InChI is InChI=1S/C16H13N3O3S/c1-8-2-3-10(15(21)22)6-12(8)18-14(20)9-4-5-11-13(7-9)23-16(17)19-11/h2-7H,1H3,(H2,17,19)(H,18,20)(H,21,22). The monoisotopic (exact) mass is 327 g/mol. The van der Waals surface area contributed by atoms with Crippen LogP contribution in [0.5, 0.6) is 0 Å². The molecule has 3 rings (SSSR count). The summed E-state index contributed by atoms with van der Waals surface area (Å²) in [6.45, 7) is 1.80. The van der Waals surface area contributed by atoms with E-state index in [9.17, 15) is 9.59 Å². The minimum Gasteiger partial charge on any atom is -0.478 e. The van der Waals surface area contributed by atoms with E-state index in [1.54, 1.807) is 31.2 Å². The second-order valence-corrected chi connectivity index (χ2v) is 6.09. The smallest absolute Gasteiger partial charge is 0.335 e. The zero-order chi connectivity index (χ0) is 16.6. The summed E-state index contributed by atoms with van der Waals surface area (Å²) in [5, 5.41) is 12.2. The van der Waals surface area contributed by atoms with Gasteiger partial charge in [0.2, 0.25) is 0 Å². The van der Waals surface area contributed by atoms with Crippen LogP contribution in [0.15, 0.2) is 36.4 Å². The molecule has 0 aliphatic heterocycles. The Bertz CT molecular complexity index is 933. The molecule has 23 heavy (non-hydrogen) atoms. The molecule has 2 aromatic carbocycles. The van der Waals surface area contributed by atoms with Crippen molar-refractivity contribution < 1.29 is 14.7 Å². The number of benzene rings is 2. The summed E-state index contributed by atoms with van der Waals surface area (Å²) in [7, 11) is 0. The van der Waals surface area contributed by atoms with Gasteiger partial charge in [0.15, 0.2) is 5.13 Å². The Morgan fingerprint density at radius 2 is 1.91 bits per heavy atom. The summed E-state index contributed by atoms with van der Waals surface area (Å²) < 4.78 is 0.825. The Kier molecular flexibility index (Phi) is 3.71. The number of carbonyl (C=O) groups excluding carboxylic acids is 1. The van der Waals surface area contributed by atoms with Gasteiger partial charge in [0, 0.05) is 11.3 Å². The van der Waals surface area contributed by atoms with Crippen LogP contribution in [0.1, 0.15) is 26.3 Å². The number of rotatable bonds is 3. The van der Waals surface area contributed by atoms with Gasteiger partial charge >= 0.3 is 5.97 Å². The number of nitrogen functional groups attached to an aromatic ring is 1. The van der Waals surface area contributed by atoms with E-state index in [0.29, 0.717) is 16.4 Å². The number of nitrogens with one attached hydrogen (secondary N) is 1. The van der Waals surface area contributed by atoms with Crippen LogP contribution in [0.25, 0.3) is 10.2 Å². The predicted molar refractivity (Wildman–Crippen MR) is 90.1 cm³/mol. The highest BCUT2D eigenvalue weighted by Gasteiger charge is 2.12. The Hall–Kier alpha value is -2.93. The number of aromatic nitrogens is 1. The van der Waals surface area contributed by atoms with Crippen LogP contribution in [0.3, 0.4) is 0 Å². The van der Waals surface area contributed by atoms with Crippen LogP contribution in [0.4, 0.5) is 10.8 Å². The minimum atomic E-state index is -1.04. The maximum atomic E-state index is 12.4. The zero-order valence-electron chi connectivity index (χ0n) is 12.2. The van der Waals surface area contributed by atoms with Crippen molar-refractivity contribution in [2.24, 2.45) is 0 Å². The fourth-order valence-corrected chi connectivity index (χ4v) is 2.94. The lowest BCUT2D eigenvalue weighted by Gasteiger charge is -2.09. The first-order valence-corrected chi connectivity index (χ1v) is 7.57. The summed E-state index contributed by atoms with van der Waals surface area (Å²) in [6, 6.07) is 9.71. The van der Waals surface area contributed by atoms with E-state index in [-0.39, 0.29) is 11.5 Å². The number of hydrogen-bond acceptors (Lipinski definition) is 5. The lowest BCUT2D eigenvalue weighted by atomic mass is 10.1. The first-order valence-electron chi connectivity index (χ1n) is 6.75. The number of carboxylic acid groups (broad SMARTS) is 1. The number of aromatic carboxylic acids is 1. The van der Waals surface area contributed by atoms with Crippen LogP contribution < -0.4 is 11.1 Å². The number of nitrogens with zero attached hydrogens (tertiary/aromatic N) is 1. The van der Waals surface area contributed by atoms with E-state index in [1.807, 2.05) is 0 Å². The molecule has 3 aromatic rings. The molecule has 1 heterocycles. The number of thiazole rings is 1. The fraction of sp³-hybridized carbons (Fsp3) is 0.0625. The lowest BCUT2D eigenvalue weighted by Crippen LogP contribution is -2.13. The number of nitrogens with two attached hydrogens (primary N) is 1. The van der Waals surface area contributed by atoms with Gasteiger partial charge in [-0.05, 0) is 42.8 Å². The summed E-state index contributed by atoms with van der Waals surface area (Å²) in [6.07, 6.45) is 0. The second kappa shape index (κ2) is 5.69. The summed E-state index contributed by atoms with van der Waals surface area (Å²) in [5.41, 5.74) is 8.24. The summed E-state index contributed by atoms with van der Waals surface area (Å²) in [4.78, 5) is 27.6. The Balaban J connectivity index is 1.90. The number of hydrogen-bond donors (Lipinski definition) is 3. The molecule has 0 saturated carbocycles. The van der Waals surface area contributed by atoms with Crippen molar-refractivity contribution in [3.63, 3.8) is 0 Å². The van der Waals surface area contributed by atoms with Crippen molar-refractivity contribution in [1.82, 2.24) is 4.98 Å². The molecule has 0 spiro atoms. The molecule has 6 nitrogen and oxygen atoms in total. The minimum absolute atomic E-state index is 0.122. The number of amides is 1. The number of anilines is 2. The fourth-order valence-electron chi connectivity index (χ4n) is 2.17. The van der Waals surface area contributed by atoms with Crippen molar-refractivity contribution in [1.29, 1.82) is 0 Å². The SMILES string of the molecule is Cc1ccc(C(=O)O)cc1NC(=O)c1ccc2nc(N)sc2c1. The van der Waals surface area contributed by atoms with E-state index in [1.165, 1.54) is 23.5 Å². The molecular formula is C16H13N3O3S. The van der Waals surface area contributed by atoms with Gasteiger partial charge in [0.05, 0.1) is 15.8 Å². The molecule has 7 heteroatoms. The zero-order valence-corrected chi connectivity index (χ0v) is 13.0. The average molecular weight is 327 g/mol. The van der Waals surface area contributed by atoms with Gasteiger partial charge in [-0.25, -0.2) is 9.78 Å². The van der Waals surface area contributed by atoms with E-state index in [4.69, 9.17) is 10.8 Å². The van der Waals surface area contributed by atoms with Crippen LogP contribution in [-0.2, 0) is 0 Å². The molecule has 0 fully saturated rings. The molecule has 0 radical (unpaired) electrons. The second-order valence-electron chi connectivity index (χ2n) is 5.02. The van der Waals surface area contributed by atoms with E-state index in [2.05, 4.69) is 10.3 Å². The molecule has 0 unspecified atom stereocenters. The summed E-state index contributed by atoms with van der Waals surface area (Å²) in [5.74, 6) is -1.36. The maximum Gasteiger partial charge on any atom is 0.335 e. The molecule has 116 valence electrons. The maximum absolute atomic E-state index is 12.4. The molecule has 1 aromatic heterocycles. The molecule has 0 aliphatic carbocycles. The van der Waals surface area contributed by atoms with E-state index >= 15 is 0 Å². The van der Waals surface area contributed by atoms with Crippen molar-refractivity contribution in [2.45, 2.75) is 6.92 Å². The van der Waals surface area contributed by atoms with Gasteiger partial charge in [-0.1, -0.05) is 17.4 Å². The average Bonchev–Trinajstić information content (AvgIpc) is 2.88. The molecular weight excluding hydrogens is 314 g/mol. The van der Waals surface area contributed by atoms with Crippen LogP contribution in [0, 0.1) is 6.92 Å². The van der Waals surface area contributed by atoms with E-state index in [0.717, 1.165) is 15.8 Å². The number of aryl methyl sites for hydroxylation is 1. The Labute approximate surface area is 135 Å². The van der Waals surface area contributed by atoms with Crippen molar-refractivity contribution in [3.8, 4) is 0 Å². The quantitative estimate of drug-likeness (QED) is 0.685. The van der Waals surface area contributed by atoms with Gasteiger partial charge in [-0.2, -0.15) is 0 Å². The predicted octanol–water partition coefficient (Wildman–Crippen LogP) is 3.14. The van der Waals surface area contributed by atoms with Gasteiger partial charge < -0.3 is 16.2 Å². The van der Waals surface area contributed by atoms with Gasteiger partial charge in [-0.3, -0.25) is 4.79 Å². The molecule has 1 amide bonds. The molecule has 0 aliphatic rings. The number of carboxylic acids is 1. The first-order chi connectivity index (χ1) is 10.9. The number of fused-ring (bicyclic) bond motifs is 1. The first kappa shape index (κ1) is 15.0. The molecule has 4 N–H and O–H groups in total. The van der Waals surface area contributed by atoms with Gasteiger partial charge in [0.25, 0.3) is 5.91 Å². The Morgan fingerprint density at radius 3 is 2.65 bits per heavy atom. The van der Waals surface area contributed by atoms with Crippen molar-refractivity contribution in [2.75, 3.05) is 11.1 Å². The molecule has 0 atom stereocenters. The van der Waals surface area contributed by atoms with Gasteiger partial charge in [0.1, 0.15) is 0 Å². The summed E-state index contributed by atoms with van der Waals surface area (Å²) >= 11 is 1.31. The van der Waals surface area contributed by atoms with Crippen molar-refractivity contribution >= 4 is 44.2 Å². The normalized spacial score (nSPS) is 10.7. The highest BCUT2D eigenvalue weighted by Crippen LogP contribution is 2.25. The molecule has 0 saturated heterocycles. The van der Waals surface area contributed by atoms with Crippen molar-refractivity contribution in [3.05, 3.63) is 53.1 Å². The number of carbonyl (C=O) groups is 2. The van der Waals surface area contributed by atoms with Crippen LogP contribution in [0.2, 0.25) is 0 Å². The Morgan fingerprint density at radius 1 is 1.17 bits per heavy atom. The highest BCUT2D eigenvalue weighted by atomic mass is 32.1. The highest BCUT2D eigenvalue weighted by molar-refractivity contribution is 7.22. The lowest BCUT2D eigenvalue weighted by molar-refractivity contribution is 0.0696. The third-order valence-electron chi connectivity index (χ3n) is 3.40. The van der Waals surface area contributed by atoms with Crippen LogP contribution in [-0.4, -0.2) is 22.0 Å². The van der Waals surface area contributed by atoms with E-state index < -0.39 is 5.97 Å². The third kappa shape index (κ3) is 3.00. The largest absolute Gasteiger partial charge is 0.478 e. The molecule has 0 bridgehead atoms.